The molecule has 0 aromatic carbocycles. The molecule has 0 atom stereocenters. The summed E-state index contributed by atoms with van der Waals surface area (Å²) < 4.78 is 1.67. The summed E-state index contributed by atoms with van der Waals surface area (Å²) in [5.41, 5.74) is 0. The summed E-state index contributed by atoms with van der Waals surface area (Å²) in [5, 5.41) is 8.39. The van der Waals surface area contributed by atoms with Gasteiger partial charge in [-0.2, -0.15) is 0 Å². The third kappa shape index (κ3) is 3.49. The van der Waals surface area contributed by atoms with Crippen LogP contribution in [0.3, 0.4) is 0 Å². The molecule has 0 amide bonds. The van der Waals surface area contributed by atoms with Crippen LogP contribution >= 0.6 is 25.3 Å². The van der Waals surface area contributed by atoms with Crippen LogP contribution in [0.4, 0.5) is 0 Å². The van der Waals surface area contributed by atoms with Crippen LogP contribution in [0.25, 0.3) is 0 Å². The molecule has 0 saturated carbocycles. The van der Waals surface area contributed by atoms with E-state index in [1.54, 1.807) is 11.6 Å². The van der Waals surface area contributed by atoms with Crippen LogP contribution < -0.4 is 0 Å². The van der Waals surface area contributed by atoms with Crippen LogP contribution in [-0.4, -0.2) is 73.9 Å². The zero-order valence-corrected chi connectivity index (χ0v) is 6.02. The van der Waals surface area contributed by atoms with Crippen LogP contribution in [0.2, 0.25) is 0 Å². The Morgan fingerprint density at radius 2 is 1.40 bits per heavy atom. The van der Waals surface area contributed by atoms with Crippen molar-refractivity contribution < 1.29 is 0 Å². The molecule has 7 heteroatoms. The summed E-state index contributed by atoms with van der Waals surface area (Å²) >= 11 is 7.92. The second-order valence-electron chi connectivity index (χ2n) is 1.36. The van der Waals surface area contributed by atoms with E-state index in [-0.39, 0.29) is 59.1 Å². The molecule has 1 aromatic heterocycles. The van der Waals surface area contributed by atoms with Gasteiger partial charge in [0.2, 0.25) is 0 Å². The van der Waals surface area contributed by atoms with E-state index >= 15 is 0 Å². The van der Waals surface area contributed by atoms with E-state index < -0.39 is 0 Å². The molecule has 1 heterocycles. The van der Waals surface area contributed by atoms with E-state index in [4.69, 9.17) is 0 Å². The van der Waals surface area contributed by atoms with Gasteiger partial charge in [0.1, 0.15) is 0 Å². The third-order valence-electron chi connectivity index (χ3n) is 0.829. The maximum absolute atomic E-state index is 3.96. The molecule has 0 radical (unpaired) electrons. The quantitative estimate of drug-likeness (QED) is 0.415. The van der Waals surface area contributed by atoms with Crippen molar-refractivity contribution in [2.24, 2.45) is 7.05 Å². The Labute approximate surface area is 115 Å². The van der Waals surface area contributed by atoms with Crippen molar-refractivity contribution in [1.29, 1.82) is 0 Å². The molecule has 0 aliphatic rings. The van der Waals surface area contributed by atoms with Crippen molar-refractivity contribution >= 4 is 84.4 Å². The molecule has 1 rings (SSSR count). The third-order valence-corrected chi connectivity index (χ3v) is 1.61. The fraction of sp³-hybridized carbons (Fsp3) is 0.333. The van der Waals surface area contributed by atoms with Crippen molar-refractivity contribution in [3.8, 4) is 0 Å². The number of nitrogens with zero attached hydrogens (tertiary/aromatic N) is 3. The maximum atomic E-state index is 3.96. The first kappa shape index (κ1) is 14.4. The van der Waals surface area contributed by atoms with E-state index in [1.807, 2.05) is 0 Å². The SMILES string of the molecule is Cn1c(S)nnc1S.[NaH].[NaH]. The fourth-order valence-corrected chi connectivity index (χ4v) is 0.671. The predicted octanol–water partition coefficient (Wildman–Crippen LogP) is -0.905. The predicted molar refractivity (Wildman–Crippen MR) is 49.8 cm³/mol. The van der Waals surface area contributed by atoms with Gasteiger partial charge in [-0.1, -0.05) is 0 Å². The number of hydrogen-bond donors (Lipinski definition) is 2. The zero-order valence-electron chi connectivity index (χ0n) is 4.24. The van der Waals surface area contributed by atoms with Crippen molar-refractivity contribution in [2.75, 3.05) is 0 Å². The molecule has 1 aromatic rings. The molecule has 48 valence electrons. The Bertz CT molecular complexity index is 182. The van der Waals surface area contributed by atoms with E-state index in [9.17, 15) is 0 Å². The summed E-state index contributed by atoms with van der Waals surface area (Å²) in [6, 6.07) is 0. The van der Waals surface area contributed by atoms with E-state index in [0.29, 0.717) is 10.3 Å². The average molecular weight is 195 g/mol. The number of hydrogen-bond acceptors (Lipinski definition) is 4. The minimum atomic E-state index is 0. The van der Waals surface area contributed by atoms with Gasteiger partial charge >= 0.3 is 59.1 Å². The summed E-state index contributed by atoms with van der Waals surface area (Å²) in [6.07, 6.45) is 0. The molecule has 3 nitrogen and oxygen atoms in total. The van der Waals surface area contributed by atoms with E-state index in [1.165, 1.54) is 0 Å². The Balaban J connectivity index is 0. The second kappa shape index (κ2) is 6.37. The van der Waals surface area contributed by atoms with E-state index in [0.717, 1.165) is 0 Å². The van der Waals surface area contributed by atoms with Crippen LogP contribution in [0.15, 0.2) is 10.3 Å². The Kier molecular flexibility index (Phi) is 9.15. The molecule has 0 aliphatic heterocycles. The molecule has 10 heavy (non-hydrogen) atoms. The normalized spacial score (nSPS) is 7.90. The Morgan fingerprint density at radius 3 is 1.50 bits per heavy atom. The molecule has 0 bridgehead atoms. The summed E-state index contributed by atoms with van der Waals surface area (Å²) in [4.78, 5) is 0. The van der Waals surface area contributed by atoms with Crippen LogP contribution in [0.1, 0.15) is 0 Å². The minimum absolute atomic E-state index is 0. The zero-order chi connectivity index (χ0) is 6.15. The van der Waals surface area contributed by atoms with Gasteiger partial charge in [-0.25, -0.2) is 0 Å². The molecule has 0 saturated heterocycles. The Hall–Kier alpha value is 1.84. The van der Waals surface area contributed by atoms with Gasteiger partial charge < -0.3 is 4.57 Å². The first-order valence-corrected chi connectivity index (χ1v) is 2.88. The standard InChI is InChI=1S/C3H5N3S2.2Na.2H/c1-6-2(7)4-5-3(6)8;;;;/h1H3,(H,4,7)(H,5,8);;;;. The number of rotatable bonds is 0. The van der Waals surface area contributed by atoms with Crippen LogP contribution in [0.5, 0.6) is 0 Å². The van der Waals surface area contributed by atoms with Crippen molar-refractivity contribution in [3.05, 3.63) is 0 Å². The van der Waals surface area contributed by atoms with Gasteiger partial charge in [0.25, 0.3) is 0 Å². The molecule has 0 unspecified atom stereocenters. The van der Waals surface area contributed by atoms with Gasteiger partial charge in [-0.3, -0.25) is 0 Å². The molecule has 0 fully saturated rings. The summed E-state index contributed by atoms with van der Waals surface area (Å²) in [7, 11) is 1.80. The van der Waals surface area contributed by atoms with Crippen molar-refractivity contribution in [3.63, 3.8) is 0 Å². The summed E-state index contributed by atoms with van der Waals surface area (Å²) in [6.45, 7) is 0. The molecule has 0 aliphatic carbocycles. The number of thiol groups is 2. The number of aromatic nitrogens is 3. The average Bonchev–Trinajstić information content (AvgIpc) is 1.98. The first-order chi connectivity index (χ1) is 3.72. The fourth-order valence-electron chi connectivity index (χ4n) is 0.313. The molecular weight excluding hydrogens is 188 g/mol. The van der Waals surface area contributed by atoms with Gasteiger partial charge in [0, 0.05) is 7.05 Å². The van der Waals surface area contributed by atoms with E-state index in [2.05, 4.69) is 35.5 Å². The molecular formula is C3H7N3Na2S2. The summed E-state index contributed by atoms with van der Waals surface area (Å²) in [5.74, 6) is 0. The van der Waals surface area contributed by atoms with Gasteiger partial charge in [0.15, 0.2) is 10.3 Å². The van der Waals surface area contributed by atoms with Crippen LogP contribution in [0, 0.1) is 0 Å². The molecule has 0 N–H and O–H groups in total. The Morgan fingerprint density at radius 1 is 1.10 bits per heavy atom. The van der Waals surface area contributed by atoms with Gasteiger partial charge in [0.05, 0.1) is 0 Å². The van der Waals surface area contributed by atoms with Crippen molar-refractivity contribution in [2.45, 2.75) is 10.3 Å². The van der Waals surface area contributed by atoms with Gasteiger partial charge in [-0.05, 0) is 0 Å². The monoisotopic (exact) mass is 195 g/mol. The van der Waals surface area contributed by atoms with Gasteiger partial charge in [-0.15, -0.1) is 35.5 Å². The van der Waals surface area contributed by atoms with Crippen molar-refractivity contribution in [1.82, 2.24) is 14.8 Å². The second-order valence-corrected chi connectivity index (χ2v) is 2.16. The first-order valence-electron chi connectivity index (χ1n) is 1.99. The molecule has 0 spiro atoms. The van der Waals surface area contributed by atoms with Crippen LogP contribution in [-0.2, 0) is 7.05 Å². The topological polar surface area (TPSA) is 30.7 Å².